The third-order valence-corrected chi connectivity index (χ3v) is 5.74. The Kier molecular flexibility index (Phi) is 6.13. The summed E-state index contributed by atoms with van der Waals surface area (Å²) in [5.74, 6) is 0.868. The molecule has 1 saturated heterocycles. The van der Waals surface area contributed by atoms with E-state index in [-0.39, 0.29) is 11.6 Å². The first-order valence-corrected chi connectivity index (χ1v) is 10.7. The lowest BCUT2D eigenvalue weighted by atomic mass is 10.0. The lowest BCUT2D eigenvalue weighted by Crippen LogP contribution is -2.48. The highest BCUT2D eigenvalue weighted by Crippen LogP contribution is 2.31. The maximum atomic E-state index is 6.16. The van der Waals surface area contributed by atoms with Gasteiger partial charge in [-0.2, -0.15) is 0 Å². The predicted octanol–water partition coefficient (Wildman–Crippen LogP) is 3.38. The average Bonchev–Trinajstić information content (AvgIpc) is 3.22. The van der Waals surface area contributed by atoms with E-state index in [0.717, 1.165) is 49.1 Å². The summed E-state index contributed by atoms with van der Waals surface area (Å²) in [6.07, 6.45) is 3.71. The molecule has 0 aliphatic carbocycles. The molecular formula is C22H28ClN7. The molecule has 0 N–H and O–H groups in total. The molecule has 3 heterocycles. The first kappa shape index (κ1) is 20.9. The molecular weight excluding hydrogens is 398 g/mol. The van der Waals surface area contributed by atoms with E-state index in [1.807, 2.05) is 29.2 Å². The number of tetrazole rings is 1. The van der Waals surface area contributed by atoms with Gasteiger partial charge < -0.3 is 0 Å². The van der Waals surface area contributed by atoms with E-state index in [9.17, 15) is 0 Å². The standard InChI is InChI=1S/C22H28ClN7/c1-22(2,3)30-21(25-26-27-30)20(18-4-6-19(23)7-5-18)29-14-12-28(13-15-29)16-17-8-10-24-11-9-17/h4-11,20H,12-16H2,1-3H3/t20-/m0/s1. The van der Waals surface area contributed by atoms with Crippen LogP contribution in [-0.4, -0.2) is 61.2 Å². The number of rotatable bonds is 5. The number of halogens is 1. The Morgan fingerprint density at radius 1 is 0.967 bits per heavy atom. The second kappa shape index (κ2) is 8.79. The van der Waals surface area contributed by atoms with Crippen LogP contribution in [0.5, 0.6) is 0 Å². The van der Waals surface area contributed by atoms with Crippen LogP contribution in [0, 0.1) is 0 Å². The molecule has 3 aromatic rings. The molecule has 7 nitrogen and oxygen atoms in total. The third kappa shape index (κ3) is 4.69. The molecule has 0 amide bonds. The number of hydrogen-bond donors (Lipinski definition) is 0. The topological polar surface area (TPSA) is 63.0 Å². The average molecular weight is 426 g/mol. The number of nitrogens with zero attached hydrogens (tertiary/aromatic N) is 7. The normalized spacial score (nSPS) is 17.2. The lowest BCUT2D eigenvalue weighted by Gasteiger charge is -2.39. The van der Waals surface area contributed by atoms with E-state index >= 15 is 0 Å². The highest BCUT2D eigenvalue weighted by molar-refractivity contribution is 6.30. The number of pyridine rings is 1. The summed E-state index contributed by atoms with van der Waals surface area (Å²) in [5, 5.41) is 13.5. The molecule has 1 aliphatic heterocycles. The molecule has 2 aromatic heterocycles. The second-order valence-corrected chi connectivity index (χ2v) is 9.18. The van der Waals surface area contributed by atoms with Gasteiger partial charge in [-0.3, -0.25) is 14.8 Å². The summed E-state index contributed by atoms with van der Waals surface area (Å²) in [7, 11) is 0. The number of aromatic nitrogens is 5. The van der Waals surface area contributed by atoms with Crippen molar-refractivity contribution in [2.75, 3.05) is 26.2 Å². The Labute approximate surface area is 182 Å². The molecule has 1 aromatic carbocycles. The van der Waals surface area contributed by atoms with E-state index in [0.29, 0.717) is 0 Å². The molecule has 8 heteroatoms. The summed E-state index contributed by atoms with van der Waals surface area (Å²) in [5.41, 5.74) is 2.25. The first-order chi connectivity index (χ1) is 14.4. The number of hydrogen-bond acceptors (Lipinski definition) is 6. The van der Waals surface area contributed by atoms with Crippen LogP contribution in [0.2, 0.25) is 5.02 Å². The van der Waals surface area contributed by atoms with Crippen LogP contribution in [0.25, 0.3) is 0 Å². The van der Waals surface area contributed by atoms with Crippen molar-refractivity contribution in [2.24, 2.45) is 0 Å². The van der Waals surface area contributed by atoms with Gasteiger partial charge in [0.05, 0.1) is 11.6 Å². The summed E-state index contributed by atoms with van der Waals surface area (Å²) in [4.78, 5) is 9.07. The molecule has 0 radical (unpaired) electrons. The molecule has 30 heavy (non-hydrogen) atoms. The Hall–Kier alpha value is -2.35. The zero-order chi connectivity index (χ0) is 21.1. The molecule has 1 fully saturated rings. The van der Waals surface area contributed by atoms with Crippen molar-refractivity contribution in [3.05, 3.63) is 70.8 Å². The molecule has 0 saturated carbocycles. The van der Waals surface area contributed by atoms with Gasteiger partial charge in [-0.15, -0.1) is 5.10 Å². The Balaban J connectivity index is 1.57. The van der Waals surface area contributed by atoms with E-state index in [1.165, 1.54) is 5.56 Å². The monoisotopic (exact) mass is 425 g/mol. The minimum atomic E-state index is -0.202. The van der Waals surface area contributed by atoms with Crippen molar-refractivity contribution in [1.29, 1.82) is 0 Å². The smallest absolute Gasteiger partial charge is 0.173 e. The van der Waals surface area contributed by atoms with Crippen molar-refractivity contribution in [3.63, 3.8) is 0 Å². The molecule has 4 rings (SSSR count). The summed E-state index contributed by atoms with van der Waals surface area (Å²) >= 11 is 6.16. The highest BCUT2D eigenvalue weighted by atomic mass is 35.5. The van der Waals surface area contributed by atoms with Crippen molar-refractivity contribution < 1.29 is 0 Å². The van der Waals surface area contributed by atoms with Crippen LogP contribution in [0.15, 0.2) is 48.8 Å². The SMILES string of the molecule is CC(C)(C)n1nnnc1[C@H](c1ccc(Cl)cc1)N1CCN(Cc2ccncc2)CC1. The van der Waals surface area contributed by atoms with Crippen molar-refractivity contribution >= 4 is 11.6 Å². The van der Waals surface area contributed by atoms with E-state index in [4.69, 9.17) is 11.6 Å². The molecule has 1 aliphatic rings. The maximum Gasteiger partial charge on any atom is 0.173 e. The van der Waals surface area contributed by atoms with Crippen molar-refractivity contribution in [3.8, 4) is 0 Å². The second-order valence-electron chi connectivity index (χ2n) is 8.74. The number of benzene rings is 1. The van der Waals surface area contributed by atoms with Crippen LogP contribution in [0.3, 0.4) is 0 Å². The summed E-state index contributed by atoms with van der Waals surface area (Å²) in [6, 6.07) is 12.2. The largest absolute Gasteiger partial charge is 0.297 e. The van der Waals surface area contributed by atoms with Crippen LogP contribution in [0.4, 0.5) is 0 Å². The van der Waals surface area contributed by atoms with Gasteiger partial charge in [0, 0.05) is 50.1 Å². The van der Waals surface area contributed by atoms with Gasteiger partial charge >= 0.3 is 0 Å². The molecule has 158 valence electrons. The fourth-order valence-electron chi connectivity index (χ4n) is 3.94. The van der Waals surface area contributed by atoms with Gasteiger partial charge in [-0.1, -0.05) is 23.7 Å². The van der Waals surface area contributed by atoms with Crippen molar-refractivity contribution in [1.82, 2.24) is 35.0 Å². The van der Waals surface area contributed by atoms with Gasteiger partial charge in [0.1, 0.15) is 0 Å². The zero-order valence-corrected chi connectivity index (χ0v) is 18.5. The van der Waals surface area contributed by atoms with Crippen LogP contribution in [0.1, 0.15) is 43.8 Å². The fourth-order valence-corrected chi connectivity index (χ4v) is 4.06. The molecule has 0 bridgehead atoms. The minimum absolute atomic E-state index is 0.0143. The van der Waals surface area contributed by atoms with Gasteiger partial charge in [0.2, 0.25) is 0 Å². The molecule has 1 atom stereocenters. The van der Waals surface area contributed by atoms with Gasteiger partial charge in [-0.05, 0) is 66.6 Å². The molecule has 0 spiro atoms. The molecule has 0 unspecified atom stereocenters. The van der Waals surface area contributed by atoms with E-state index in [2.05, 4.69) is 75.3 Å². The fraction of sp³-hybridized carbons (Fsp3) is 0.455. The number of piperazine rings is 1. The van der Waals surface area contributed by atoms with Gasteiger partial charge in [-0.25, -0.2) is 4.68 Å². The van der Waals surface area contributed by atoms with Gasteiger partial charge in [0.25, 0.3) is 0 Å². The van der Waals surface area contributed by atoms with Gasteiger partial charge in [0.15, 0.2) is 5.82 Å². The van der Waals surface area contributed by atoms with Crippen LogP contribution >= 0.6 is 11.6 Å². The van der Waals surface area contributed by atoms with E-state index < -0.39 is 0 Å². The Bertz CT molecular complexity index is 942. The first-order valence-electron chi connectivity index (χ1n) is 10.3. The minimum Gasteiger partial charge on any atom is -0.297 e. The quantitative estimate of drug-likeness (QED) is 0.624. The zero-order valence-electron chi connectivity index (χ0n) is 17.7. The van der Waals surface area contributed by atoms with Crippen LogP contribution in [-0.2, 0) is 12.1 Å². The Morgan fingerprint density at radius 2 is 1.63 bits per heavy atom. The maximum absolute atomic E-state index is 6.16. The van der Waals surface area contributed by atoms with Crippen molar-refractivity contribution in [2.45, 2.75) is 38.9 Å². The summed E-state index contributed by atoms with van der Waals surface area (Å²) < 4.78 is 1.94. The third-order valence-electron chi connectivity index (χ3n) is 5.49. The van der Waals surface area contributed by atoms with E-state index in [1.54, 1.807) is 0 Å². The predicted molar refractivity (Wildman–Crippen MR) is 117 cm³/mol. The lowest BCUT2D eigenvalue weighted by molar-refractivity contribution is 0.0979. The highest BCUT2D eigenvalue weighted by Gasteiger charge is 2.33. The van der Waals surface area contributed by atoms with Crippen LogP contribution < -0.4 is 0 Å². The Morgan fingerprint density at radius 3 is 2.27 bits per heavy atom. The summed E-state index contributed by atoms with van der Waals surface area (Å²) in [6.45, 7) is 11.2.